The maximum Gasteiger partial charge on any atom is 0.240 e. The van der Waals surface area contributed by atoms with Crippen LogP contribution in [0.5, 0.6) is 0 Å². The third-order valence-electron chi connectivity index (χ3n) is 4.00. The molecule has 1 aromatic rings. The average molecular weight is 291 g/mol. The molecule has 1 aromatic carbocycles. The van der Waals surface area contributed by atoms with Crippen LogP contribution < -0.4 is 5.32 Å². The van der Waals surface area contributed by atoms with Gasteiger partial charge in [-0.15, -0.1) is 11.8 Å². The molecular formula is C15H21N3OS. The van der Waals surface area contributed by atoms with Crippen LogP contribution in [0.3, 0.4) is 0 Å². The van der Waals surface area contributed by atoms with Crippen molar-refractivity contribution in [2.45, 2.75) is 11.4 Å². The number of amides is 1. The van der Waals surface area contributed by atoms with Gasteiger partial charge in [0.25, 0.3) is 0 Å². The smallest absolute Gasteiger partial charge is 0.240 e. The molecule has 1 amide bonds. The van der Waals surface area contributed by atoms with Gasteiger partial charge in [0.1, 0.15) is 0 Å². The van der Waals surface area contributed by atoms with Crippen molar-refractivity contribution < 1.29 is 4.79 Å². The van der Waals surface area contributed by atoms with Gasteiger partial charge < -0.3 is 9.80 Å². The second-order valence-corrected chi connectivity index (χ2v) is 6.61. The lowest BCUT2D eigenvalue weighted by molar-refractivity contribution is -0.134. The van der Waals surface area contributed by atoms with Crippen molar-refractivity contribution in [2.24, 2.45) is 0 Å². The second-order valence-electron chi connectivity index (χ2n) is 5.47. The van der Waals surface area contributed by atoms with E-state index in [9.17, 15) is 4.79 Å². The summed E-state index contributed by atoms with van der Waals surface area (Å²) in [5.74, 6) is 1.13. The highest BCUT2D eigenvalue weighted by Crippen LogP contribution is 2.33. The van der Waals surface area contributed by atoms with Gasteiger partial charge in [0.15, 0.2) is 0 Å². The van der Waals surface area contributed by atoms with Crippen molar-refractivity contribution in [3.05, 3.63) is 35.9 Å². The SMILES string of the molecule is CN1CCN(C(=O)[C@H]2CSC(c3ccccc3)N2)CC1. The Morgan fingerprint density at radius 1 is 1.20 bits per heavy atom. The molecule has 2 atom stereocenters. The Labute approximate surface area is 124 Å². The molecule has 0 aliphatic carbocycles. The van der Waals surface area contributed by atoms with Crippen LogP contribution in [0.4, 0.5) is 0 Å². The Bertz CT molecular complexity index is 459. The minimum absolute atomic E-state index is 0.0337. The van der Waals surface area contributed by atoms with Crippen molar-refractivity contribution in [3.63, 3.8) is 0 Å². The number of carbonyl (C=O) groups excluding carboxylic acids is 1. The van der Waals surface area contributed by atoms with E-state index in [1.807, 2.05) is 34.9 Å². The number of hydrogen-bond acceptors (Lipinski definition) is 4. The summed E-state index contributed by atoms with van der Waals surface area (Å²) in [6.45, 7) is 3.67. The molecule has 4 nitrogen and oxygen atoms in total. The Morgan fingerprint density at radius 3 is 2.60 bits per heavy atom. The molecule has 108 valence electrons. The zero-order chi connectivity index (χ0) is 13.9. The van der Waals surface area contributed by atoms with E-state index in [-0.39, 0.29) is 17.3 Å². The largest absolute Gasteiger partial charge is 0.339 e. The lowest BCUT2D eigenvalue weighted by Gasteiger charge is -2.33. The summed E-state index contributed by atoms with van der Waals surface area (Å²) in [6.07, 6.45) is 0. The molecule has 2 heterocycles. The van der Waals surface area contributed by atoms with Crippen LogP contribution in [0.15, 0.2) is 30.3 Å². The van der Waals surface area contributed by atoms with E-state index >= 15 is 0 Å². The molecule has 2 saturated heterocycles. The highest BCUT2D eigenvalue weighted by Gasteiger charge is 2.33. The summed E-state index contributed by atoms with van der Waals surface area (Å²) in [5.41, 5.74) is 1.26. The fraction of sp³-hybridized carbons (Fsp3) is 0.533. The highest BCUT2D eigenvalue weighted by atomic mass is 32.2. The number of rotatable bonds is 2. The van der Waals surface area contributed by atoms with Crippen LogP contribution >= 0.6 is 11.8 Å². The molecule has 0 bridgehead atoms. The first-order valence-corrected chi connectivity index (χ1v) is 8.19. The zero-order valence-electron chi connectivity index (χ0n) is 11.8. The Kier molecular flexibility index (Phi) is 4.29. The summed E-state index contributed by atoms with van der Waals surface area (Å²) in [6, 6.07) is 10.3. The van der Waals surface area contributed by atoms with Crippen LogP contribution in [0.2, 0.25) is 0 Å². The fourth-order valence-electron chi connectivity index (χ4n) is 2.68. The van der Waals surface area contributed by atoms with Gasteiger partial charge in [-0.25, -0.2) is 0 Å². The molecule has 1 N–H and O–H groups in total. The average Bonchev–Trinajstić information content (AvgIpc) is 2.98. The van der Waals surface area contributed by atoms with Crippen molar-refractivity contribution in [3.8, 4) is 0 Å². The van der Waals surface area contributed by atoms with Gasteiger partial charge >= 0.3 is 0 Å². The van der Waals surface area contributed by atoms with Crippen LogP contribution in [-0.2, 0) is 4.79 Å². The van der Waals surface area contributed by atoms with Crippen LogP contribution in [0.25, 0.3) is 0 Å². The molecule has 0 spiro atoms. The van der Waals surface area contributed by atoms with E-state index in [2.05, 4.69) is 29.4 Å². The first-order valence-electron chi connectivity index (χ1n) is 7.14. The van der Waals surface area contributed by atoms with Crippen molar-refractivity contribution >= 4 is 17.7 Å². The van der Waals surface area contributed by atoms with Crippen LogP contribution in [0.1, 0.15) is 10.9 Å². The normalized spacial score (nSPS) is 27.8. The molecule has 1 unspecified atom stereocenters. The van der Waals surface area contributed by atoms with Crippen LogP contribution in [-0.4, -0.2) is 60.7 Å². The van der Waals surface area contributed by atoms with Crippen LogP contribution in [0, 0.1) is 0 Å². The third kappa shape index (κ3) is 3.00. The molecule has 5 heteroatoms. The van der Waals surface area contributed by atoms with Gasteiger partial charge in [0.2, 0.25) is 5.91 Å². The zero-order valence-corrected chi connectivity index (χ0v) is 12.6. The molecule has 0 aromatic heterocycles. The standard InChI is InChI=1S/C15H21N3OS/c1-17-7-9-18(10-8-17)15(19)13-11-20-14(16-13)12-5-3-2-4-6-12/h2-6,13-14,16H,7-11H2,1H3/t13-,14?/m1/s1. The fourth-order valence-corrected chi connectivity index (χ4v) is 3.92. The summed E-state index contributed by atoms with van der Waals surface area (Å²) in [5, 5.41) is 3.72. The summed E-state index contributed by atoms with van der Waals surface area (Å²) < 4.78 is 0. The molecule has 2 aliphatic heterocycles. The van der Waals surface area contributed by atoms with E-state index in [4.69, 9.17) is 0 Å². The predicted molar refractivity (Wildman–Crippen MR) is 82.6 cm³/mol. The number of carbonyl (C=O) groups is 1. The third-order valence-corrected chi connectivity index (χ3v) is 5.26. The molecular weight excluding hydrogens is 270 g/mol. The number of likely N-dealkylation sites (N-methyl/N-ethyl adjacent to an activating group) is 1. The number of nitrogens with one attached hydrogen (secondary N) is 1. The Morgan fingerprint density at radius 2 is 1.90 bits per heavy atom. The topological polar surface area (TPSA) is 35.6 Å². The number of piperazine rings is 1. The van der Waals surface area contributed by atoms with Gasteiger partial charge in [-0.05, 0) is 12.6 Å². The monoisotopic (exact) mass is 291 g/mol. The van der Waals surface area contributed by atoms with Gasteiger partial charge in [-0.1, -0.05) is 30.3 Å². The molecule has 0 radical (unpaired) electrons. The summed E-state index contributed by atoms with van der Waals surface area (Å²) in [4.78, 5) is 16.8. The number of thioether (sulfide) groups is 1. The second kappa shape index (κ2) is 6.16. The van der Waals surface area contributed by atoms with Crippen molar-refractivity contribution in [2.75, 3.05) is 39.0 Å². The van der Waals surface area contributed by atoms with E-state index in [1.165, 1.54) is 5.56 Å². The van der Waals surface area contributed by atoms with Gasteiger partial charge in [0, 0.05) is 31.9 Å². The van der Waals surface area contributed by atoms with Crippen molar-refractivity contribution in [1.29, 1.82) is 0 Å². The maximum atomic E-state index is 12.5. The number of hydrogen-bond donors (Lipinski definition) is 1. The first kappa shape index (κ1) is 13.9. The van der Waals surface area contributed by atoms with Crippen molar-refractivity contribution in [1.82, 2.24) is 15.1 Å². The Balaban J connectivity index is 1.58. The molecule has 2 aliphatic rings. The van der Waals surface area contributed by atoms with E-state index in [0.717, 1.165) is 31.9 Å². The molecule has 0 saturated carbocycles. The van der Waals surface area contributed by atoms with Gasteiger partial charge in [-0.2, -0.15) is 0 Å². The quantitative estimate of drug-likeness (QED) is 0.887. The number of benzene rings is 1. The minimum Gasteiger partial charge on any atom is -0.339 e. The van der Waals surface area contributed by atoms with Gasteiger partial charge in [0.05, 0.1) is 11.4 Å². The van der Waals surface area contributed by atoms with Gasteiger partial charge in [-0.3, -0.25) is 10.1 Å². The summed E-state index contributed by atoms with van der Waals surface area (Å²) in [7, 11) is 2.11. The molecule has 2 fully saturated rings. The lowest BCUT2D eigenvalue weighted by atomic mass is 10.2. The summed E-state index contributed by atoms with van der Waals surface area (Å²) >= 11 is 1.83. The van der Waals surface area contributed by atoms with E-state index < -0.39 is 0 Å². The Hall–Kier alpha value is -1.04. The minimum atomic E-state index is -0.0337. The van der Waals surface area contributed by atoms with E-state index in [1.54, 1.807) is 0 Å². The predicted octanol–water partition coefficient (Wildman–Crippen LogP) is 1.16. The lowest BCUT2D eigenvalue weighted by Crippen LogP contribution is -2.52. The number of nitrogens with zero attached hydrogens (tertiary/aromatic N) is 2. The first-order chi connectivity index (χ1) is 9.74. The highest BCUT2D eigenvalue weighted by molar-refractivity contribution is 7.99. The van der Waals surface area contributed by atoms with E-state index in [0.29, 0.717) is 0 Å². The molecule has 20 heavy (non-hydrogen) atoms. The molecule has 3 rings (SSSR count). The maximum absolute atomic E-state index is 12.5.